The molecule has 0 bridgehead atoms. The van der Waals surface area contributed by atoms with Crippen LogP contribution in [-0.2, 0) is 11.3 Å². The highest BCUT2D eigenvalue weighted by molar-refractivity contribution is 5.88. The molecule has 2 N–H and O–H groups in total. The Hall–Kier alpha value is -1.46. The average molecular weight is 235 g/mol. The Labute approximate surface area is 101 Å². The lowest BCUT2D eigenvalue weighted by molar-refractivity contribution is 0.0600. The Kier molecular flexibility index (Phi) is 3.71. The van der Waals surface area contributed by atoms with Crippen LogP contribution in [0.4, 0.5) is 0 Å². The maximum atomic E-state index is 11.2. The van der Waals surface area contributed by atoms with E-state index >= 15 is 0 Å². The lowest BCUT2D eigenvalue weighted by Crippen LogP contribution is -2.26. The summed E-state index contributed by atoms with van der Waals surface area (Å²) in [7, 11) is 1.36. The van der Waals surface area contributed by atoms with Crippen molar-refractivity contribution in [3.05, 3.63) is 29.6 Å². The minimum atomic E-state index is -0.354. The molecule has 0 unspecified atom stereocenters. The van der Waals surface area contributed by atoms with Gasteiger partial charge in [-0.1, -0.05) is 0 Å². The Morgan fingerprint density at radius 2 is 2.47 bits per heavy atom. The van der Waals surface area contributed by atoms with Gasteiger partial charge in [-0.05, 0) is 18.6 Å². The Morgan fingerprint density at radius 1 is 1.65 bits per heavy atom. The molecule has 1 aliphatic heterocycles. The van der Waals surface area contributed by atoms with Crippen LogP contribution in [0.25, 0.3) is 0 Å². The molecule has 1 saturated heterocycles. The van der Waals surface area contributed by atoms with Gasteiger partial charge in [-0.2, -0.15) is 0 Å². The number of hydrogen-bond donors (Lipinski definition) is 1. The number of hydrogen-bond acceptors (Lipinski definition) is 5. The van der Waals surface area contributed by atoms with Gasteiger partial charge in [0.05, 0.1) is 18.4 Å². The molecule has 1 atom stereocenters. The van der Waals surface area contributed by atoms with E-state index in [2.05, 4.69) is 14.6 Å². The summed E-state index contributed by atoms with van der Waals surface area (Å²) in [6, 6.07) is 3.88. The van der Waals surface area contributed by atoms with E-state index < -0.39 is 0 Å². The number of likely N-dealkylation sites (tertiary alicyclic amines) is 1. The van der Waals surface area contributed by atoms with E-state index in [0.717, 1.165) is 31.7 Å². The number of carbonyl (C=O) groups is 1. The van der Waals surface area contributed by atoms with Crippen molar-refractivity contribution in [2.45, 2.75) is 19.0 Å². The molecule has 1 aromatic rings. The Balaban J connectivity index is 1.96. The first-order chi connectivity index (χ1) is 8.19. The van der Waals surface area contributed by atoms with Crippen LogP contribution in [-0.4, -0.2) is 42.1 Å². The van der Waals surface area contributed by atoms with E-state index in [4.69, 9.17) is 5.73 Å². The van der Waals surface area contributed by atoms with Crippen molar-refractivity contribution in [2.75, 3.05) is 20.2 Å². The first-order valence-corrected chi connectivity index (χ1v) is 5.70. The second-order valence-electron chi connectivity index (χ2n) is 4.31. The van der Waals surface area contributed by atoms with Gasteiger partial charge in [0.1, 0.15) is 0 Å². The molecule has 92 valence electrons. The molecule has 2 heterocycles. The number of carbonyl (C=O) groups excluding carboxylic acids is 1. The smallest absolute Gasteiger partial charge is 0.339 e. The predicted molar refractivity (Wildman–Crippen MR) is 63.4 cm³/mol. The van der Waals surface area contributed by atoms with E-state index in [1.54, 1.807) is 12.3 Å². The molecule has 1 aromatic heterocycles. The third-order valence-corrected chi connectivity index (χ3v) is 2.94. The van der Waals surface area contributed by atoms with Crippen LogP contribution in [0.1, 0.15) is 22.5 Å². The summed E-state index contributed by atoms with van der Waals surface area (Å²) >= 11 is 0. The van der Waals surface area contributed by atoms with Crippen molar-refractivity contribution in [1.82, 2.24) is 9.88 Å². The third kappa shape index (κ3) is 3.01. The first-order valence-electron chi connectivity index (χ1n) is 5.70. The zero-order valence-corrected chi connectivity index (χ0v) is 9.93. The number of rotatable bonds is 3. The number of nitrogens with zero attached hydrogens (tertiary/aromatic N) is 2. The molecule has 5 nitrogen and oxygen atoms in total. The highest BCUT2D eigenvalue weighted by atomic mass is 16.5. The standard InChI is InChI=1S/C12H17N3O2/c1-17-12(16)9-2-3-11(14-6-9)8-15-5-4-10(13)7-15/h2-3,6,10H,4-5,7-8,13H2,1H3/t10-/m0/s1. The fourth-order valence-corrected chi connectivity index (χ4v) is 1.99. The van der Waals surface area contributed by atoms with Crippen LogP contribution in [0.15, 0.2) is 18.3 Å². The highest BCUT2D eigenvalue weighted by Crippen LogP contribution is 2.11. The van der Waals surface area contributed by atoms with Crippen molar-refractivity contribution in [1.29, 1.82) is 0 Å². The van der Waals surface area contributed by atoms with Crippen LogP contribution >= 0.6 is 0 Å². The zero-order valence-electron chi connectivity index (χ0n) is 9.93. The summed E-state index contributed by atoms with van der Waals surface area (Å²) in [5, 5.41) is 0. The second kappa shape index (κ2) is 5.25. The van der Waals surface area contributed by atoms with E-state index in [1.807, 2.05) is 6.07 Å². The van der Waals surface area contributed by atoms with Crippen molar-refractivity contribution >= 4 is 5.97 Å². The molecule has 17 heavy (non-hydrogen) atoms. The van der Waals surface area contributed by atoms with Crippen LogP contribution in [0.5, 0.6) is 0 Å². The third-order valence-electron chi connectivity index (χ3n) is 2.94. The minimum absolute atomic E-state index is 0.282. The van der Waals surface area contributed by atoms with E-state index in [9.17, 15) is 4.79 Å². The fraction of sp³-hybridized carbons (Fsp3) is 0.500. The molecule has 0 amide bonds. The van der Waals surface area contributed by atoms with E-state index in [1.165, 1.54) is 7.11 Å². The summed E-state index contributed by atoms with van der Waals surface area (Å²) in [5.41, 5.74) is 7.27. The molecule has 0 saturated carbocycles. The zero-order chi connectivity index (χ0) is 12.3. The van der Waals surface area contributed by atoms with Gasteiger partial charge in [-0.15, -0.1) is 0 Å². The van der Waals surface area contributed by atoms with E-state index in [-0.39, 0.29) is 12.0 Å². The van der Waals surface area contributed by atoms with Gasteiger partial charge in [0.25, 0.3) is 0 Å². The SMILES string of the molecule is COC(=O)c1ccc(CN2CC[C@H](N)C2)nc1. The van der Waals surface area contributed by atoms with Crippen LogP contribution in [0.3, 0.4) is 0 Å². The number of ether oxygens (including phenoxy) is 1. The molecule has 2 rings (SSSR count). The topological polar surface area (TPSA) is 68.5 Å². The van der Waals surface area contributed by atoms with Gasteiger partial charge in [0.2, 0.25) is 0 Å². The van der Waals surface area contributed by atoms with Crippen molar-refractivity contribution in [3.63, 3.8) is 0 Å². The maximum Gasteiger partial charge on any atom is 0.339 e. The number of aromatic nitrogens is 1. The maximum absolute atomic E-state index is 11.2. The van der Waals surface area contributed by atoms with Crippen molar-refractivity contribution < 1.29 is 9.53 Å². The monoisotopic (exact) mass is 235 g/mol. The summed E-state index contributed by atoms with van der Waals surface area (Å²) < 4.78 is 4.62. The fourth-order valence-electron chi connectivity index (χ4n) is 1.99. The van der Waals surface area contributed by atoms with Gasteiger partial charge >= 0.3 is 5.97 Å². The molecule has 5 heteroatoms. The van der Waals surface area contributed by atoms with Gasteiger partial charge in [0.15, 0.2) is 0 Å². The van der Waals surface area contributed by atoms with Crippen LogP contribution in [0.2, 0.25) is 0 Å². The Morgan fingerprint density at radius 3 is 3.00 bits per heavy atom. The molecular weight excluding hydrogens is 218 g/mol. The summed E-state index contributed by atoms with van der Waals surface area (Å²) in [6.07, 6.45) is 2.59. The summed E-state index contributed by atoms with van der Waals surface area (Å²) in [5.74, 6) is -0.354. The van der Waals surface area contributed by atoms with Crippen molar-refractivity contribution in [3.8, 4) is 0 Å². The van der Waals surface area contributed by atoms with Crippen molar-refractivity contribution in [2.24, 2.45) is 5.73 Å². The molecule has 0 spiro atoms. The van der Waals surface area contributed by atoms with Gasteiger partial charge in [-0.3, -0.25) is 9.88 Å². The number of esters is 1. The quantitative estimate of drug-likeness (QED) is 0.768. The molecular formula is C12H17N3O2. The van der Waals surface area contributed by atoms with Crippen LogP contribution in [0, 0.1) is 0 Å². The second-order valence-corrected chi connectivity index (χ2v) is 4.31. The molecule has 1 aliphatic rings. The first kappa shape index (κ1) is 12.0. The number of methoxy groups -OCH3 is 1. The van der Waals surface area contributed by atoms with Gasteiger partial charge < -0.3 is 10.5 Å². The Bertz CT molecular complexity index is 391. The normalized spacial score (nSPS) is 20.5. The molecule has 0 aliphatic carbocycles. The molecule has 0 radical (unpaired) electrons. The minimum Gasteiger partial charge on any atom is -0.465 e. The van der Waals surface area contributed by atoms with Gasteiger partial charge in [-0.25, -0.2) is 4.79 Å². The highest BCUT2D eigenvalue weighted by Gasteiger charge is 2.19. The lowest BCUT2D eigenvalue weighted by atomic mass is 10.2. The summed E-state index contributed by atoms with van der Waals surface area (Å²) in [6.45, 7) is 2.72. The summed E-state index contributed by atoms with van der Waals surface area (Å²) in [4.78, 5) is 17.7. The van der Waals surface area contributed by atoms with Crippen LogP contribution < -0.4 is 5.73 Å². The number of pyridine rings is 1. The lowest BCUT2D eigenvalue weighted by Gasteiger charge is -2.14. The molecule has 0 aromatic carbocycles. The largest absolute Gasteiger partial charge is 0.465 e. The van der Waals surface area contributed by atoms with Gasteiger partial charge in [0, 0.05) is 31.9 Å². The predicted octanol–water partition coefficient (Wildman–Crippen LogP) is 0.401. The molecule has 1 fully saturated rings. The number of nitrogens with two attached hydrogens (primary N) is 1. The average Bonchev–Trinajstić information content (AvgIpc) is 2.75. The van der Waals surface area contributed by atoms with E-state index in [0.29, 0.717) is 5.56 Å².